The molecule has 0 unspecified atom stereocenters. The number of hydrogen-bond acceptors (Lipinski definition) is 3. The van der Waals surface area contributed by atoms with Crippen molar-refractivity contribution in [2.24, 2.45) is 0 Å². The van der Waals surface area contributed by atoms with Crippen molar-refractivity contribution in [2.75, 3.05) is 13.2 Å². The molecule has 148 valence electrons. The second-order valence-corrected chi connectivity index (χ2v) is 7.74. The number of nitrogens with zero attached hydrogens (tertiary/aromatic N) is 1. The molecule has 0 bridgehead atoms. The monoisotopic (exact) mass is 415 g/mol. The topological polar surface area (TPSA) is 46.6 Å². The van der Waals surface area contributed by atoms with Gasteiger partial charge < -0.3 is 4.74 Å². The predicted octanol–water partition coefficient (Wildman–Crippen LogP) is 5.71. The molecule has 4 aromatic rings. The highest BCUT2D eigenvalue weighted by molar-refractivity contribution is 6.31. The molecule has 0 aliphatic carbocycles. The Balaban J connectivity index is 1.36. The molecule has 30 heavy (non-hydrogen) atoms. The Morgan fingerprint density at radius 2 is 1.43 bits per heavy atom. The second kappa shape index (κ2) is 7.47. The average Bonchev–Trinajstić information content (AvgIpc) is 3.00. The molecule has 0 saturated carbocycles. The van der Waals surface area contributed by atoms with Crippen LogP contribution in [0.25, 0.3) is 21.5 Å². The normalized spacial score (nSPS) is 13.3. The third-order valence-electron chi connectivity index (χ3n) is 5.43. The Bertz CT molecular complexity index is 1280. The molecule has 1 heterocycles. The zero-order chi connectivity index (χ0) is 20.7. The van der Waals surface area contributed by atoms with E-state index >= 15 is 0 Å². The summed E-state index contributed by atoms with van der Waals surface area (Å²) in [5.41, 5.74) is 0.945. The fraction of sp³-hybridized carbons (Fsp3) is 0.120. The summed E-state index contributed by atoms with van der Waals surface area (Å²) in [6, 6.07) is 22.8. The quantitative estimate of drug-likeness (QED) is 0.238. The third-order valence-corrected chi connectivity index (χ3v) is 5.66. The fourth-order valence-corrected chi connectivity index (χ4v) is 4.18. The van der Waals surface area contributed by atoms with Crippen LogP contribution in [0.2, 0.25) is 5.02 Å². The van der Waals surface area contributed by atoms with Crippen LogP contribution < -0.4 is 4.74 Å². The number of halogens is 1. The molecule has 0 aromatic heterocycles. The first-order valence-electron chi connectivity index (χ1n) is 9.82. The molecule has 0 spiro atoms. The predicted molar refractivity (Wildman–Crippen MR) is 118 cm³/mol. The van der Waals surface area contributed by atoms with Gasteiger partial charge in [0.15, 0.2) is 0 Å². The van der Waals surface area contributed by atoms with Crippen molar-refractivity contribution in [2.45, 2.75) is 6.42 Å². The van der Waals surface area contributed by atoms with Gasteiger partial charge in [-0.2, -0.15) is 0 Å². The lowest BCUT2D eigenvalue weighted by atomic mass is 10.0. The summed E-state index contributed by atoms with van der Waals surface area (Å²) in [7, 11) is 0. The van der Waals surface area contributed by atoms with Gasteiger partial charge in [0.1, 0.15) is 5.75 Å². The summed E-state index contributed by atoms with van der Waals surface area (Å²) in [6.45, 7) is 0.708. The van der Waals surface area contributed by atoms with E-state index in [0.717, 1.165) is 27.3 Å². The van der Waals surface area contributed by atoms with Crippen molar-refractivity contribution in [3.05, 3.63) is 88.9 Å². The smallest absolute Gasteiger partial charge is 0.261 e. The zero-order valence-electron chi connectivity index (χ0n) is 16.1. The first kappa shape index (κ1) is 18.6. The minimum Gasteiger partial charge on any atom is -0.492 e. The van der Waals surface area contributed by atoms with Crippen molar-refractivity contribution < 1.29 is 14.3 Å². The van der Waals surface area contributed by atoms with Gasteiger partial charge in [0, 0.05) is 22.3 Å². The van der Waals surface area contributed by atoms with Gasteiger partial charge in [-0.3, -0.25) is 14.5 Å². The lowest BCUT2D eigenvalue weighted by molar-refractivity contribution is 0.0647. The minimum absolute atomic E-state index is 0.235. The standard InChI is InChI=1S/C25H18ClNO3/c26-18-10-11-20-17(15-18)14-16-6-1-2-7-19(16)23(20)30-13-5-12-27-24(28)21-8-3-4-9-22(21)25(27)29/h1-4,6-11,14-15H,5,12-13H2. The van der Waals surface area contributed by atoms with E-state index in [0.29, 0.717) is 35.7 Å². The van der Waals surface area contributed by atoms with Crippen LogP contribution in [0.15, 0.2) is 72.8 Å². The first-order chi connectivity index (χ1) is 14.6. The van der Waals surface area contributed by atoms with Gasteiger partial charge in [0.2, 0.25) is 0 Å². The van der Waals surface area contributed by atoms with Crippen LogP contribution in [-0.2, 0) is 0 Å². The van der Waals surface area contributed by atoms with Gasteiger partial charge in [-0.05, 0) is 53.6 Å². The van der Waals surface area contributed by atoms with Crippen LogP contribution in [0.4, 0.5) is 0 Å². The fourth-order valence-electron chi connectivity index (χ4n) is 4.00. The number of carbonyl (C=O) groups is 2. The maximum absolute atomic E-state index is 12.5. The summed E-state index contributed by atoms with van der Waals surface area (Å²) >= 11 is 6.18. The van der Waals surface area contributed by atoms with Crippen molar-refractivity contribution in [3.63, 3.8) is 0 Å². The highest BCUT2D eigenvalue weighted by Crippen LogP contribution is 2.36. The van der Waals surface area contributed by atoms with Gasteiger partial charge >= 0.3 is 0 Å². The minimum atomic E-state index is -0.235. The molecular formula is C25H18ClNO3. The van der Waals surface area contributed by atoms with Gasteiger partial charge in [-0.1, -0.05) is 48.0 Å². The molecule has 0 radical (unpaired) electrons. The zero-order valence-corrected chi connectivity index (χ0v) is 16.9. The molecule has 4 nitrogen and oxygen atoms in total. The van der Waals surface area contributed by atoms with Gasteiger partial charge in [-0.25, -0.2) is 0 Å². The number of rotatable bonds is 5. The summed E-state index contributed by atoms with van der Waals surface area (Å²) in [5.74, 6) is 0.323. The summed E-state index contributed by atoms with van der Waals surface area (Å²) in [4.78, 5) is 26.3. The first-order valence-corrected chi connectivity index (χ1v) is 10.2. The van der Waals surface area contributed by atoms with Crippen molar-refractivity contribution >= 4 is 45.0 Å². The van der Waals surface area contributed by atoms with Gasteiger partial charge in [0.05, 0.1) is 17.7 Å². The number of benzene rings is 4. The van der Waals surface area contributed by atoms with Crippen LogP contribution in [0.3, 0.4) is 0 Å². The van der Waals surface area contributed by atoms with Crippen molar-refractivity contribution in [3.8, 4) is 5.75 Å². The maximum Gasteiger partial charge on any atom is 0.261 e. The molecule has 1 aliphatic heterocycles. The molecule has 0 fully saturated rings. The van der Waals surface area contributed by atoms with E-state index in [9.17, 15) is 9.59 Å². The molecule has 5 heteroatoms. The highest BCUT2D eigenvalue weighted by Gasteiger charge is 2.34. The van der Waals surface area contributed by atoms with Gasteiger partial charge in [0.25, 0.3) is 11.8 Å². The molecule has 0 N–H and O–H groups in total. The van der Waals surface area contributed by atoms with Crippen LogP contribution in [0.5, 0.6) is 5.75 Å². The van der Waals surface area contributed by atoms with E-state index in [1.54, 1.807) is 24.3 Å². The van der Waals surface area contributed by atoms with Crippen LogP contribution in [0, 0.1) is 0 Å². The molecule has 0 atom stereocenters. The average molecular weight is 416 g/mol. The largest absolute Gasteiger partial charge is 0.492 e. The summed E-state index contributed by atoms with van der Waals surface area (Å²) < 4.78 is 6.19. The summed E-state index contributed by atoms with van der Waals surface area (Å²) in [5, 5.41) is 4.76. The molecule has 2 amide bonds. The lowest BCUT2D eigenvalue weighted by Crippen LogP contribution is -2.31. The van der Waals surface area contributed by atoms with Crippen molar-refractivity contribution in [1.29, 1.82) is 0 Å². The van der Waals surface area contributed by atoms with Crippen molar-refractivity contribution in [1.82, 2.24) is 4.90 Å². The number of ether oxygens (including phenoxy) is 1. The van der Waals surface area contributed by atoms with Crippen LogP contribution in [-0.4, -0.2) is 29.9 Å². The maximum atomic E-state index is 12.5. The van der Waals surface area contributed by atoms with E-state index in [-0.39, 0.29) is 11.8 Å². The Morgan fingerprint density at radius 3 is 2.20 bits per heavy atom. The molecular weight excluding hydrogens is 398 g/mol. The number of amides is 2. The second-order valence-electron chi connectivity index (χ2n) is 7.30. The third kappa shape index (κ3) is 3.10. The van der Waals surface area contributed by atoms with E-state index in [4.69, 9.17) is 16.3 Å². The Hall–Kier alpha value is -3.37. The van der Waals surface area contributed by atoms with Crippen LogP contribution in [0.1, 0.15) is 27.1 Å². The molecule has 0 saturated heterocycles. The Morgan fingerprint density at radius 1 is 0.767 bits per heavy atom. The number of carbonyl (C=O) groups excluding carboxylic acids is 2. The molecule has 1 aliphatic rings. The van der Waals surface area contributed by atoms with E-state index in [1.807, 2.05) is 42.5 Å². The lowest BCUT2D eigenvalue weighted by Gasteiger charge is -2.16. The number of hydrogen-bond donors (Lipinski definition) is 0. The SMILES string of the molecule is O=C1c2ccccc2C(=O)N1CCCOc1c2ccccc2cc2cc(Cl)ccc12. The van der Waals surface area contributed by atoms with E-state index in [1.165, 1.54) is 4.90 Å². The Kier molecular flexibility index (Phi) is 4.64. The molecule has 5 rings (SSSR count). The van der Waals surface area contributed by atoms with Gasteiger partial charge in [-0.15, -0.1) is 0 Å². The highest BCUT2D eigenvalue weighted by atomic mass is 35.5. The number of imide groups is 1. The van der Waals surface area contributed by atoms with E-state index in [2.05, 4.69) is 6.07 Å². The molecule has 4 aromatic carbocycles. The summed E-state index contributed by atoms with van der Waals surface area (Å²) in [6.07, 6.45) is 0.545. The number of fused-ring (bicyclic) bond motifs is 3. The van der Waals surface area contributed by atoms with Crippen LogP contribution >= 0.6 is 11.6 Å². The van der Waals surface area contributed by atoms with E-state index < -0.39 is 0 Å². The Labute approximate surface area is 178 Å².